The average Bonchev–Trinajstić information content (AvgIpc) is 3.25. The van der Waals surface area contributed by atoms with Crippen molar-refractivity contribution in [3.8, 4) is 5.75 Å². The molecule has 0 fully saturated rings. The standard InChI is InChI=1S/C24H20N2O4S/c1-12-5-10-18-17(11-12)21(27)19-20(15-6-8-16(29-4)9-7-15)26(23(28)22(19)30-18)24-25-13(2)14(3)31-24/h5-11,20H,1-4H3/t20-/m1/s1. The SMILES string of the molecule is COc1ccc([C@@H]2c3c(oc4ccc(C)cc4c3=O)C(=O)N2c2nc(C)c(C)s2)cc1. The van der Waals surface area contributed by atoms with Crippen LogP contribution >= 0.6 is 11.3 Å². The lowest BCUT2D eigenvalue weighted by Crippen LogP contribution is -2.29. The molecule has 3 heterocycles. The monoisotopic (exact) mass is 432 g/mol. The fourth-order valence-corrected chi connectivity index (χ4v) is 4.88. The molecule has 4 aromatic rings. The van der Waals surface area contributed by atoms with Gasteiger partial charge in [-0.1, -0.05) is 23.8 Å². The van der Waals surface area contributed by atoms with Crippen LogP contribution in [0.4, 0.5) is 5.13 Å². The Morgan fingerprint density at radius 1 is 1.06 bits per heavy atom. The number of hydrogen-bond donors (Lipinski definition) is 0. The summed E-state index contributed by atoms with van der Waals surface area (Å²) in [7, 11) is 1.60. The van der Waals surface area contributed by atoms with Crippen molar-refractivity contribution >= 4 is 33.3 Å². The molecule has 0 radical (unpaired) electrons. The highest BCUT2D eigenvalue weighted by Crippen LogP contribution is 2.43. The number of nitrogens with zero attached hydrogens (tertiary/aromatic N) is 2. The number of aromatic nitrogens is 1. The molecule has 1 amide bonds. The number of methoxy groups -OCH3 is 1. The van der Waals surface area contributed by atoms with Crippen LogP contribution in [0.2, 0.25) is 0 Å². The van der Waals surface area contributed by atoms with Crippen LogP contribution in [0, 0.1) is 20.8 Å². The summed E-state index contributed by atoms with van der Waals surface area (Å²) in [6, 6.07) is 12.2. The smallest absolute Gasteiger partial charge is 0.297 e. The first-order valence-electron chi connectivity index (χ1n) is 9.88. The third-order valence-corrected chi connectivity index (χ3v) is 6.75. The summed E-state index contributed by atoms with van der Waals surface area (Å²) in [6.07, 6.45) is 0. The second-order valence-electron chi connectivity index (χ2n) is 7.66. The zero-order valence-corrected chi connectivity index (χ0v) is 18.4. The lowest BCUT2D eigenvalue weighted by Gasteiger charge is -2.22. The number of hydrogen-bond acceptors (Lipinski definition) is 6. The number of amides is 1. The molecule has 0 aliphatic carbocycles. The van der Waals surface area contributed by atoms with E-state index in [2.05, 4.69) is 4.98 Å². The molecule has 2 aromatic carbocycles. The number of carbonyl (C=O) groups is 1. The maximum atomic E-state index is 13.6. The highest BCUT2D eigenvalue weighted by atomic mass is 32.1. The van der Waals surface area contributed by atoms with Crippen molar-refractivity contribution in [2.24, 2.45) is 0 Å². The number of anilines is 1. The molecule has 7 heteroatoms. The summed E-state index contributed by atoms with van der Waals surface area (Å²) in [5.41, 5.74) is 3.16. The lowest BCUT2D eigenvalue weighted by molar-refractivity contribution is 0.0971. The van der Waals surface area contributed by atoms with Crippen LogP contribution in [-0.2, 0) is 0 Å². The van der Waals surface area contributed by atoms with Crippen LogP contribution in [0.25, 0.3) is 11.0 Å². The molecule has 2 aromatic heterocycles. The molecule has 0 saturated carbocycles. The Hall–Kier alpha value is -3.45. The van der Waals surface area contributed by atoms with E-state index in [0.29, 0.717) is 27.4 Å². The quantitative estimate of drug-likeness (QED) is 0.459. The Morgan fingerprint density at radius 2 is 1.81 bits per heavy atom. The molecule has 156 valence electrons. The van der Waals surface area contributed by atoms with Crippen molar-refractivity contribution < 1.29 is 13.9 Å². The van der Waals surface area contributed by atoms with Gasteiger partial charge in [0, 0.05) is 4.88 Å². The fraction of sp³-hybridized carbons (Fsp3) is 0.208. The maximum Gasteiger partial charge on any atom is 0.297 e. The van der Waals surface area contributed by atoms with Gasteiger partial charge >= 0.3 is 0 Å². The zero-order valence-electron chi connectivity index (χ0n) is 17.6. The van der Waals surface area contributed by atoms with Gasteiger partial charge in [0.15, 0.2) is 10.6 Å². The Balaban J connectivity index is 1.80. The summed E-state index contributed by atoms with van der Waals surface area (Å²) < 4.78 is 11.3. The predicted octanol–water partition coefficient (Wildman–Crippen LogP) is 4.93. The summed E-state index contributed by atoms with van der Waals surface area (Å²) in [5.74, 6) is 0.416. The van der Waals surface area contributed by atoms with Gasteiger partial charge in [0.2, 0.25) is 5.76 Å². The third-order valence-electron chi connectivity index (χ3n) is 5.68. The van der Waals surface area contributed by atoms with E-state index in [9.17, 15) is 9.59 Å². The van der Waals surface area contributed by atoms with E-state index in [4.69, 9.17) is 9.15 Å². The van der Waals surface area contributed by atoms with Gasteiger partial charge in [-0.15, -0.1) is 11.3 Å². The van der Waals surface area contributed by atoms with Crippen molar-refractivity contribution in [3.05, 3.63) is 85.7 Å². The van der Waals surface area contributed by atoms with Crippen LogP contribution in [0.3, 0.4) is 0 Å². The third kappa shape index (κ3) is 2.96. The van der Waals surface area contributed by atoms with Crippen LogP contribution in [0.15, 0.2) is 51.7 Å². The Labute approximate surface area is 182 Å². The van der Waals surface area contributed by atoms with Gasteiger partial charge in [-0.2, -0.15) is 0 Å². The lowest BCUT2D eigenvalue weighted by atomic mass is 9.98. The zero-order chi connectivity index (χ0) is 21.9. The Morgan fingerprint density at radius 3 is 2.45 bits per heavy atom. The normalized spacial score (nSPS) is 15.5. The highest BCUT2D eigenvalue weighted by molar-refractivity contribution is 7.15. The topological polar surface area (TPSA) is 72.6 Å². The van der Waals surface area contributed by atoms with Gasteiger partial charge in [-0.05, 0) is 50.6 Å². The van der Waals surface area contributed by atoms with Crippen molar-refractivity contribution in [2.75, 3.05) is 12.0 Å². The Bertz CT molecular complexity index is 1380. The molecule has 0 spiro atoms. The van der Waals surface area contributed by atoms with Crippen molar-refractivity contribution in [1.82, 2.24) is 4.98 Å². The molecule has 5 rings (SSSR count). The van der Waals surface area contributed by atoms with E-state index < -0.39 is 6.04 Å². The van der Waals surface area contributed by atoms with Crippen LogP contribution in [-0.4, -0.2) is 18.0 Å². The number of thiazole rings is 1. The molecule has 6 nitrogen and oxygen atoms in total. The van der Waals surface area contributed by atoms with Crippen molar-refractivity contribution in [3.63, 3.8) is 0 Å². The van der Waals surface area contributed by atoms with Gasteiger partial charge in [0.1, 0.15) is 11.3 Å². The summed E-state index contributed by atoms with van der Waals surface area (Å²) >= 11 is 1.43. The van der Waals surface area contributed by atoms with Gasteiger partial charge in [-0.25, -0.2) is 4.98 Å². The van der Waals surface area contributed by atoms with Gasteiger partial charge in [-0.3, -0.25) is 14.5 Å². The summed E-state index contributed by atoms with van der Waals surface area (Å²) in [5, 5.41) is 1.02. The molecule has 0 unspecified atom stereocenters. The summed E-state index contributed by atoms with van der Waals surface area (Å²) in [4.78, 5) is 34.3. The maximum absolute atomic E-state index is 13.6. The van der Waals surface area contributed by atoms with Gasteiger partial charge < -0.3 is 9.15 Å². The van der Waals surface area contributed by atoms with E-state index in [-0.39, 0.29) is 17.1 Å². The number of fused-ring (bicyclic) bond motifs is 2. The molecule has 1 aliphatic heterocycles. The van der Waals surface area contributed by atoms with E-state index in [1.54, 1.807) is 24.1 Å². The first kappa shape index (κ1) is 19.5. The number of carbonyl (C=O) groups excluding carboxylic acids is 1. The average molecular weight is 433 g/mol. The molecule has 31 heavy (non-hydrogen) atoms. The van der Waals surface area contributed by atoms with Crippen LogP contribution < -0.4 is 15.1 Å². The van der Waals surface area contributed by atoms with Crippen LogP contribution in [0.1, 0.15) is 43.9 Å². The predicted molar refractivity (Wildman–Crippen MR) is 120 cm³/mol. The second-order valence-corrected chi connectivity index (χ2v) is 8.84. The first-order valence-corrected chi connectivity index (χ1v) is 10.7. The molecule has 1 aliphatic rings. The van der Waals surface area contributed by atoms with Crippen molar-refractivity contribution in [1.29, 1.82) is 0 Å². The highest BCUT2D eigenvalue weighted by Gasteiger charge is 2.45. The van der Waals surface area contributed by atoms with E-state index in [1.807, 2.05) is 51.1 Å². The number of rotatable bonds is 3. The number of ether oxygens (including phenoxy) is 1. The first-order chi connectivity index (χ1) is 14.9. The summed E-state index contributed by atoms with van der Waals surface area (Å²) in [6.45, 7) is 5.80. The minimum Gasteiger partial charge on any atom is -0.497 e. The number of benzene rings is 2. The molecular formula is C24H20N2O4S. The van der Waals surface area contributed by atoms with E-state index in [1.165, 1.54) is 11.3 Å². The van der Waals surface area contributed by atoms with Crippen molar-refractivity contribution in [2.45, 2.75) is 26.8 Å². The molecular weight excluding hydrogens is 412 g/mol. The van der Waals surface area contributed by atoms with Crippen LogP contribution in [0.5, 0.6) is 5.75 Å². The molecule has 0 saturated heterocycles. The van der Waals surface area contributed by atoms with E-state index >= 15 is 0 Å². The van der Waals surface area contributed by atoms with Gasteiger partial charge in [0.05, 0.1) is 29.8 Å². The van der Waals surface area contributed by atoms with E-state index in [0.717, 1.165) is 21.7 Å². The molecule has 0 bridgehead atoms. The Kier molecular flexibility index (Phi) is 4.44. The fourth-order valence-electron chi connectivity index (χ4n) is 3.94. The van der Waals surface area contributed by atoms with Gasteiger partial charge in [0.25, 0.3) is 5.91 Å². The minimum atomic E-state index is -0.625. The number of aryl methyl sites for hydroxylation is 3. The minimum absolute atomic E-state index is 0.0766. The second kappa shape index (κ2) is 7.06. The molecule has 0 N–H and O–H groups in total. The largest absolute Gasteiger partial charge is 0.497 e. The molecule has 1 atom stereocenters.